The molecule has 1 heterocycles. The second-order valence-corrected chi connectivity index (χ2v) is 4.27. The Bertz CT molecular complexity index is 346. The molecular weight excluding hydrogens is 202 g/mol. The Hall–Kier alpha value is -1.06. The standard InChI is InChI=1S/C13H19NO2/c1-2-16-12-6-3-5-11(9-12)13(15)7-4-8-14-10-13/h3,5-6,9,14-15H,2,4,7-8,10H2,1H3. The van der Waals surface area contributed by atoms with Crippen molar-refractivity contribution < 1.29 is 9.84 Å². The lowest BCUT2D eigenvalue weighted by Crippen LogP contribution is -2.43. The molecule has 88 valence electrons. The van der Waals surface area contributed by atoms with Crippen molar-refractivity contribution in [3.8, 4) is 5.75 Å². The lowest BCUT2D eigenvalue weighted by Gasteiger charge is -2.33. The zero-order chi connectivity index (χ0) is 11.4. The fourth-order valence-electron chi connectivity index (χ4n) is 2.18. The van der Waals surface area contributed by atoms with Crippen LogP contribution in [0.25, 0.3) is 0 Å². The third-order valence-corrected chi connectivity index (χ3v) is 3.04. The van der Waals surface area contributed by atoms with E-state index in [1.54, 1.807) is 0 Å². The SMILES string of the molecule is CCOc1cccc(C2(O)CCCNC2)c1. The van der Waals surface area contributed by atoms with Crippen LogP contribution in [0.4, 0.5) is 0 Å². The number of piperidine rings is 1. The number of hydrogen-bond donors (Lipinski definition) is 2. The van der Waals surface area contributed by atoms with Crippen molar-refractivity contribution in [3.05, 3.63) is 29.8 Å². The van der Waals surface area contributed by atoms with Gasteiger partial charge in [0.1, 0.15) is 11.4 Å². The van der Waals surface area contributed by atoms with E-state index in [2.05, 4.69) is 5.32 Å². The molecular formula is C13H19NO2. The number of hydrogen-bond acceptors (Lipinski definition) is 3. The van der Waals surface area contributed by atoms with Crippen molar-refractivity contribution in [2.24, 2.45) is 0 Å². The average molecular weight is 221 g/mol. The highest BCUT2D eigenvalue weighted by Crippen LogP contribution is 2.30. The zero-order valence-electron chi connectivity index (χ0n) is 9.70. The van der Waals surface area contributed by atoms with Gasteiger partial charge in [0.25, 0.3) is 0 Å². The van der Waals surface area contributed by atoms with Crippen molar-refractivity contribution in [1.82, 2.24) is 5.32 Å². The van der Waals surface area contributed by atoms with Gasteiger partial charge in [-0.1, -0.05) is 12.1 Å². The molecule has 0 aromatic heterocycles. The monoisotopic (exact) mass is 221 g/mol. The first kappa shape index (κ1) is 11.4. The van der Waals surface area contributed by atoms with Gasteiger partial charge in [-0.05, 0) is 44.0 Å². The number of ether oxygens (including phenoxy) is 1. The highest BCUT2D eigenvalue weighted by molar-refractivity contribution is 5.33. The van der Waals surface area contributed by atoms with Crippen molar-refractivity contribution in [2.75, 3.05) is 19.7 Å². The molecule has 0 spiro atoms. The van der Waals surface area contributed by atoms with Gasteiger partial charge in [0, 0.05) is 6.54 Å². The van der Waals surface area contributed by atoms with Crippen molar-refractivity contribution in [3.63, 3.8) is 0 Å². The number of β-amino-alcohol motifs (C(OH)–C–C–N with tert-alkyl or cyclic N) is 1. The average Bonchev–Trinajstić information content (AvgIpc) is 2.31. The molecule has 0 saturated carbocycles. The first-order valence-electron chi connectivity index (χ1n) is 5.91. The summed E-state index contributed by atoms with van der Waals surface area (Å²) in [4.78, 5) is 0. The van der Waals surface area contributed by atoms with Crippen LogP contribution in [0, 0.1) is 0 Å². The molecule has 1 fully saturated rings. The van der Waals surface area contributed by atoms with E-state index >= 15 is 0 Å². The highest BCUT2D eigenvalue weighted by atomic mass is 16.5. The van der Waals surface area contributed by atoms with Crippen LogP contribution in [0.2, 0.25) is 0 Å². The quantitative estimate of drug-likeness (QED) is 0.815. The van der Waals surface area contributed by atoms with E-state index in [9.17, 15) is 5.11 Å². The Balaban J connectivity index is 2.21. The van der Waals surface area contributed by atoms with Gasteiger partial charge in [-0.2, -0.15) is 0 Å². The molecule has 0 amide bonds. The minimum absolute atomic E-state index is 0.628. The molecule has 1 aromatic rings. The maximum atomic E-state index is 10.5. The summed E-state index contributed by atoms with van der Waals surface area (Å²) in [7, 11) is 0. The maximum absolute atomic E-state index is 10.5. The van der Waals surface area contributed by atoms with Gasteiger partial charge >= 0.3 is 0 Å². The summed E-state index contributed by atoms with van der Waals surface area (Å²) in [5.41, 5.74) is 0.219. The zero-order valence-corrected chi connectivity index (χ0v) is 9.70. The van der Waals surface area contributed by atoms with Gasteiger partial charge in [0.05, 0.1) is 6.61 Å². The molecule has 0 bridgehead atoms. The number of aliphatic hydroxyl groups is 1. The fraction of sp³-hybridized carbons (Fsp3) is 0.538. The Morgan fingerprint density at radius 3 is 3.06 bits per heavy atom. The minimum atomic E-state index is -0.731. The molecule has 1 atom stereocenters. The molecule has 3 nitrogen and oxygen atoms in total. The predicted octanol–water partition coefficient (Wildman–Crippen LogP) is 1.66. The van der Waals surface area contributed by atoms with E-state index in [4.69, 9.17) is 4.74 Å². The molecule has 1 saturated heterocycles. The predicted molar refractivity (Wildman–Crippen MR) is 63.6 cm³/mol. The van der Waals surface area contributed by atoms with Crippen molar-refractivity contribution in [2.45, 2.75) is 25.4 Å². The molecule has 1 aromatic carbocycles. The van der Waals surface area contributed by atoms with Gasteiger partial charge in [0.2, 0.25) is 0 Å². The molecule has 2 N–H and O–H groups in total. The number of nitrogens with one attached hydrogen (secondary N) is 1. The van der Waals surface area contributed by atoms with E-state index in [-0.39, 0.29) is 0 Å². The fourth-order valence-corrected chi connectivity index (χ4v) is 2.18. The lowest BCUT2D eigenvalue weighted by molar-refractivity contribution is 0.0121. The maximum Gasteiger partial charge on any atom is 0.119 e. The Labute approximate surface area is 96.4 Å². The van der Waals surface area contributed by atoms with Crippen LogP contribution < -0.4 is 10.1 Å². The Kier molecular flexibility index (Phi) is 3.46. The smallest absolute Gasteiger partial charge is 0.119 e. The van der Waals surface area contributed by atoms with Gasteiger partial charge in [-0.3, -0.25) is 0 Å². The van der Waals surface area contributed by atoms with Crippen LogP contribution in [0.5, 0.6) is 5.75 Å². The molecule has 2 rings (SSSR count). The second kappa shape index (κ2) is 4.85. The summed E-state index contributed by atoms with van der Waals surface area (Å²) in [6, 6.07) is 7.77. The number of benzene rings is 1. The normalized spacial score (nSPS) is 25.4. The molecule has 1 aliphatic rings. The van der Waals surface area contributed by atoms with Crippen LogP contribution in [-0.4, -0.2) is 24.8 Å². The van der Waals surface area contributed by atoms with E-state index in [0.29, 0.717) is 13.2 Å². The summed E-state index contributed by atoms with van der Waals surface area (Å²) in [6.07, 6.45) is 1.82. The molecule has 1 unspecified atom stereocenters. The number of rotatable bonds is 3. The first-order valence-corrected chi connectivity index (χ1v) is 5.91. The van der Waals surface area contributed by atoms with E-state index in [1.807, 2.05) is 31.2 Å². The van der Waals surface area contributed by atoms with Gasteiger partial charge < -0.3 is 15.2 Å². The van der Waals surface area contributed by atoms with Gasteiger partial charge in [0.15, 0.2) is 0 Å². The topological polar surface area (TPSA) is 41.5 Å². The third-order valence-electron chi connectivity index (χ3n) is 3.04. The van der Waals surface area contributed by atoms with Crippen molar-refractivity contribution in [1.29, 1.82) is 0 Å². The van der Waals surface area contributed by atoms with Crippen LogP contribution in [0.3, 0.4) is 0 Å². The summed E-state index contributed by atoms with van der Waals surface area (Å²) < 4.78 is 5.45. The largest absolute Gasteiger partial charge is 0.494 e. The van der Waals surface area contributed by atoms with Crippen molar-refractivity contribution >= 4 is 0 Å². The minimum Gasteiger partial charge on any atom is -0.494 e. The summed E-state index contributed by atoms with van der Waals surface area (Å²) in [5, 5.41) is 13.8. The van der Waals surface area contributed by atoms with E-state index < -0.39 is 5.60 Å². The van der Waals surface area contributed by atoms with Gasteiger partial charge in [-0.15, -0.1) is 0 Å². The Morgan fingerprint density at radius 1 is 1.50 bits per heavy atom. The summed E-state index contributed by atoms with van der Waals surface area (Å²) in [5.74, 6) is 0.832. The summed E-state index contributed by atoms with van der Waals surface area (Å²) >= 11 is 0. The molecule has 0 aliphatic carbocycles. The van der Waals surface area contributed by atoms with Crippen LogP contribution in [-0.2, 0) is 5.60 Å². The lowest BCUT2D eigenvalue weighted by atomic mass is 9.86. The van der Waals surface area contributed by atoms with E-state index in [1.165, 1.54) is 0 Å². The first-order chi connectivity index (χ1) is 7.74. The molecule has 3 heteroatoms. The van der Waals surface area contributed by atoms with E-state index in [0.717, 1.165) is 30.7 Å². The second-order valence-electron chi connectivity index (χ2n) is 4.27. The molecule has 0 radical (unpaired) electrons. The third kappa shape index (κ3) is 2.36. The van der Waals surface area contributed by atoms with Crippen LogP contribution in [0.15, 0.2) is 24.3 Å². The van der Waals surface area contributed by atoms with Crippen LogP contribution in [0.1, 0.15) is 25.3 Å². The molecule has 16 heavy (non-hydrogen) atoms. The van der Waals surface area contributed by atoms with Gasteiger partial charge in [-0.25, -0.2) is 0 Å². The highest BCUT2D eigenvalue weighted by Gasteiger charge is 2.31. The molecule has 1 aliphatic heterocycles. The summed E-state index contributed by atoms with van der Waals surface area (Å²) in [6.45, 7) is 4.24. The van der Waals surface area contributed by atoms with Crippen LogP contribution >= 0.6 is 0 Å². The Morgan fingerprint density at radius 2 is 2.38 bits per heavy atom.